The van der Waals surface area contributed by atoms with E-state index in [4.69, 9.17) is 14.2 Å². The van der Waals surface area contributed by atoms with Crippen LogP contribution in [-0.2, 0) is 16.0 Å². The quantitative estimate of drug-likeness (QED) is 0.298. The van der Waals surface area contributed by atoms with Crippen molar-refractivity contribution in [1.82, 2.24) is 0 Å². The highest BCUT2D eigenvalue weighted by atomic mass is 16.7. The Morgan fingerprint density at radius 2 is 1.46 bits per heavy atom. The number of carbonyl (C=O) groups is 3. The van der Waals surface area contributed by atoms with E-state index in [1.807, 2.05) is 24.3 Å². The average Bonchev–Trinajstić information content (AvgIpc) is 2.84. The molecular formula is C27H28N2O6. The van der Waals surface area contributed by atoms with Crippen molar-refractivity contribution in [3.8, 4) is 11.5 Å². The Morgan fingerprint density at radius 1 is 0.800 bits per heavy atom. The largest absolute Gasteiger partial charge is 0.513 e. The van der Waals surface area contributed by atoms with E-state index in [0.717, 1.165) is 12.8 Å². The lowest BCUT2D eigenvalue weighted by atomic mass is 10.1. The first kappa shape index (κ1) is 25.3. The maximum Gasteiger partial charge on any atom is 0.513 e. The van der Waals surface area contributed by atoms with Crippen molar-refractivity contribution in [2.45, 2.75) is 26.7 Å². The fraction of sp³-hybridized carbons (Fsp3) is 0.222. The third-order valence-electron chi connectivity index (χ3n) is 4.82. The molecule has 0 saturated heterocycles. The maximum absolute atomic E-state index is 12.6. The number of benzene rings is 3. The summed E-state index contributed by atoms with van der Waals surface area (Å²) in [6, 6.07) is 20.5. The lowest BCUT2D eigenvalue weighted by Crippen LogP contribution is -2.20. The number of hydrogen-bond acceptors (Lipinski definition) is 6. The normalized spacial score (nSPS) is 10.2. The summed E-state index contributed by atoms with van der Waals surface area (Å²) in [6.07, 6.45) is 1.27. The van der Waals surface area contributed by atoms with E-state index in [1.54, 1.807) is 31.2 Å². The first-order valence-electron chi connectivity index (χ1n) is 11.3. The molecule has 8 heteroatoms. The highest BCUT2D eigenvalue weighted by molar-refractivity contribution is 6.04. The molecule has 0 aliphatic heterocycles. The van der Waals surface area contributed by atoms with Crippen molar-refractivity contribution in [3.63, 3.8) is 0 Å². The molecule has 0 saturated carbocycles. The van der Waals surface area contributed by atoms with Gasteiger partial charge in [-0.25, -0.2) is 4.79 Å². The fourth-order valence-electron chi connectivity index (χ4n) is 3.18. The molecule has 0 bridgehead atoms. The van der Waals surface area contributed by atoms with Gasteiger partial charge >= 0.3 is 6.16 Å². The standard InChI is InChI=1S/C27H28N2O6/c1-3-6-19-9-13-23(14-10-19)34-18-25(30)28-21-7-5-8-22(17-21)29-26(31)20-11-15-24(16-12-20)35-27(32)33-4-2/h5,7-17H,3-4,6,18H2,1-2H3,(H,28,30)(H,29,31). The van der Waals surface area contributed by atoms with Gasteiger partial charge in [0.2, 0.25) is 0 Å². The van der Waals surface area contributed by atoms with E-state index in [9.17, 15) is 14.4 Å². The molecule has 0 aromatic heterocycles. The Morgan fingerprint density at radius 3 is 2.11 bits per heavy atom. The lowest BCUT2D eigenvalue weighted by molar-refractivity contribution is -0.118. The van der Waals surface area contributed by atoms with E-state index >= 15 is 0 Å². The zero-order chi connectivity index (χ0) is 25.0. The number of anilines is 2. The molecule has 0 spiro atoms. The van der Waals surface area contributed by atoms with Gasteiger partial charge in [0.05, 0.1) is 6.61 Å². The number of rotatable bonds is 10. The monoisotopic (exact) mass is 476 g/mol. The van der Waals surface area contributed by atoms with Crippen LogP contribution < -0.4 is 20.1 Å². The second-order valence-corrected chi connectivity index (χ2v) is 7.58. The molecule has 0 radical (unpaired) electrons. The first-order chi connectivity index (χ1) is 17.0. The van der Waals surface area contributed by atoms with Gasteiger partial charge in [0.25, 0.3) is 11.8 Å². The minimum absolute atomic E-state index is 0.135. The Balaban J connectivity index is 1.51. The highest BCUT2D eigenvalue weighted by Crippen LogP contribution is 2.18. The number of ether oxygens (including phenoxy) is 3. The van der Waals surface area contributed by atoms with Gasteiger partial charge in [-0.05, 0) is 73.5 Å². The molecule has 0 unspecified atom stereocenters. The third-order valence-corrected chi connectivity index (χ3v) is 4.82. The molecule has 2 N–H and O–H groups in total. The van der Waals surface area contributed by atoms with Crippen LogP contribution in [0.1, 0.15) is 36.2 Å². The lowest BCUT2D eigenvalue weighted by Gasteiger charge is -2.10. The van der Waals surface area contributed by atoms with Crippen molar-refractivity contribution >= 4 is 29.3 Å². The second kappa shape index (κ2) is 12.8. The maximum atomic E-state index is 12.6. The van der Waals surface area contributed by atoms with E-state index in [0.29, 0.717) is 22.7 Å². The van der Waals surface area contributed by atoms with Crippen molar-refractivity contribution < 1.29 is 28.6 Å². The minimum atomic E-state index is -0.807. The SMILES string of the molecule is CCCc1ccc(OCC(=O)Nc2cccc(NC(=O)c3ccc(OC(=O)OCC)cc3)c2)cc1. The van der Waals surface area contributed by atoms with Crippen LogP contribution >= 0.6 is 0 Å². The molecule has 0 heterocycles. The summed E-state index contributed by atoms with van der Waals surface area (Å²) in [5.74, 6) is 0.220. The smallest absolute Gasteiger partial charge is 0.484 e. The zero-order valence-corrected chi connectivity index (χ0v) is 19.7. The van der Waals surface area contributed by atoms with Gasteiger partial charge in [-0.3, -0.25) is 9.59 Å². The summed E-state index contributed by atoms with van der Waals surface area (Å²) in [7, 11) is 0. The van der Waals surface area contributed by atoms with Crippen LogP contribution in [0, 0.1) is 0 Å². The van der Waals surface area contributed by atoms with Crippen molar-refractivity contribution in [1.29, 1.82) is 0 Å². The van der Waals surface area contributed by atoms with Crippen molar-refractivity contribution in [2.24, 2.45) is 0 Å². The fourth-order valence-corrected chi connectivity index (χ4v) is 3.18. The number of hydrogen-bond donors (Lipinski definition) is 2. The number of carbonyl (C=O) groups excluding carboxylic acids is 3. The van der Waals surface area contributed by atoms with Gasteiger partial charge < -0.3 is 24.8 Å². The average molecular weight is 477 g/mol. The summed E-state index contributed by atoms with van der Waals surface area (Å²) >= 11 is 0. The van der Waals surface area contributed by atoms with Crippen LogP contribution in [0.3, 0.4) is 0 Å². The summed E-state index contributed by atoms with van der Waals surface area (Å²) in [4.78, 5) is 36.2. The van der Waals surface area contributed by atoms with E-state index in [2.05, 4.69) is 17.6 Å². The molecule has 182 valence electrons. The molecule has 2 amide bonds. The van der Waals surface area contributed by atoms with Crippen LogP contribution in [0.15, 0.2) is 72.8 Å². The highest BCUT2D eigenvalue weighted by Gasteiger charge is 2.10. The third kappa shape index (κ3) is 8.19. The van der Waals surface area contributed by atoms with Crippen molar-refractivity contribution in [3.05, 3.63) is 83.9 Å². The topological polar surface area (TPSA) is 103 Å². The Kier molecular flexibility index (Phi) is 9.24. The van der Waals surface area contributed by atoms with Gasteiger partial charge in [0.1, 0.15) is 11.5 Å². The van der Waals surface area contributed by atoms with E-state index < -0.39 is 6.16 Å². The molecule has 0 atom stereocenters. The number of nitrogens with one attached hydrogen (secondary N) is 2. The molecule has 3 aromatic rings. The summed E-state index contributed by atoms with van der Waals surface area (Å²) in [6.45, 7) is 3.87. The molecule has 35 heavy (non-hydrogen) atoms. The molecule has 0 aliphatic carbocycles. The predicted octanol–water partition coefficient (Wildman–Crippen LogP) is 5.44. The second-order valence-electron chi connectivity index (χ2n) is 7.58. The Hall–Kier alpha value is -4.33. The van der Waals surface area contributed by atoms with Gasteiger partial charge in [-0.2, -0.15) is 0 Å². The molecular weight excluding hydrogens is 448 g/mol. The molecule has 0 aliphatic rings. The van der Waals surface area contributed by atoms with Crippen LogP contribution in [0.4, 0.5) is 16.2 Å². The van der Waals surface area contributed by atoms with Gasteiger partial charge in [-0.15, -0.1) is 0 Å². The van der Waals surface area contributed by atoms with Crippen LogP contribution in [0.2, 0.25) is 0 Å². The predicted molar refractivity (Wildman–Crippen MR) is 133 cm³/mol. The molecule has 3 aromatic carbocycles. The Bertz CT molecular complexity index is 1140. The van der Waals surface area contributed by atoms with E-state index in [1.165, 1.54) is 29.8 Å². The van der Waals surface area contributed by atoms with E-state index in [-0.39, 0.29) is 30.8 Å². The van der Waals surface area contributed by atoms with Crippen molar-refractivity contribution in [2.75, 3.05) is 23.8 Å². The number of amides is 2. The van der Waals surface area contributed by atoms with Gasteiger partial charge in [-0.1, -0.05) is 31.5 Å². The first-order valence-corrected chi connectivity index (χ1v) is 11.3. The Labute approximate surface area is 204 Å². The van der Waals surface area contributed by atoms with Crippen LogP contribution in [0.25, 0.3) is 0 Å². The van der Waals surface area contributed by atoms with Crippen LogP contribution in [0.5, 0.6) is 11.5 Å². The minimum Gasteiger partial charge on any atom is -0.484 e. The summed E-state index contributed by atoms with van der Waals surface area (Å²) in [5, 5.41) is 5.53. The summed E-state index contributed by atoms with van der Waals surface area (Å²) < 4.78 is 15.2. The number of aryl methyl sites for hydroxylation is 1. The molecule has 8 nitrogen and oxygen atoms in total. The van der Waals surface area contributed by atoms with Crippen LogP contribution in [-0.4, -0.2) is 31.2 Å². The van der Waals surface area contributed by atoms with Gasteiger partial charge in [0.15, 0.2) is 6.61 Å². The molecule has 0 fully saturated rings. The molecule has 3 rings (SSSR count). The summed E-state index contributed by atoms with van der Waals surface area (Å²) in [5.41, 5.74) is 2.62. The zero-order valence-electron chi connectivity index (χ0n) is 19.7. The van der Waals surface area contributed by atoms with Gasteiger partial charge in [0, 0.05) is 16.9 Å².